The Morgan fingerprint density at radius 2 is 2.12 bits per heavy atom. The summed E-state index contributed by atoms with van der Waals surface area (Å²) in [6.45, 7) is 1.97. The zero-order valence-electron chi connectivity index (χ0n) is 9.16. The van der Waals surface area contributed by atoms with Gasteiger partial charge in [0, 0.05) is 9.35 Å². The highest BCUT2D eigenvalue weighted by atomic mass is 79.9. The van der Waals surface area contributed by atoms with Crippen LogP contribution in [0.2, 0.25) is 0 Å². The number of thiophene rings is 1. The van der Waals surface area contributed by atoms with Gasteiger partial charge in [0.2, 0.25) is 0 Å². The fraction of sp³-hybridized carbons (Fsp3) is 0.0833. The molecule has 1 aromatic carbocycles. The second-order valence-electron chi connectivity index (χ2n) is 3.60. The van der Waals surface area contributed by atoms with Gasteiger partial charge in [-0.05, 0) is 37.3 Å². The lowest BCUT2D eigenvalue weighted by atomic mass is 10.2. The first-order valence-electron chi connectivity index (χ1n) is 4.99. The van der Waals surface area contributed by atoms with Gasteiger partial charge in [-0.1, -0.05) is 15.9 Å². The number of amides is 1. The smallest absolute Gasteiger partial charge is 0.265 e. The van der Waals surface area contributed by atoms with Crippen LogP contribution in [0.5, 0.6) is 0 Å². The van der Waals surface area contributed by atoms with E-state index in [4.69, 9.17) is 5.73 Å². The van der Waals surface area contributed by atoms with Crippen LogP contribution in [0.4, 0.5) is 11.4 Å². The maximum absolute atomic E-state index is 11.9. The second kappa shape index (κ2) is 4.89. The quantitative estimate of drug-likeness (QED) is 0.832. The Bertz CT molecular complexity index is 565. The van der Waals surface area contributed by atoms with Gasteiger partial charge in [0.05, 0.1) is 16.3 Å². The van der Waals surface area contributed by atoms with Crippen LogP contribution in [0, 0.1) is 6.92 Å². The molecule has 3 N–H and O–H groups in total. The second-order valence-corrected chi connectivity index (χ2v) is 5.80. The fourth-order valence-corrected chi connectivity index (χ4v) is 2.53. The number of hydrogen-bond acceptors (Lipinski definition) is 3. The van der Waals surface area contributed by atoms with Crippen LogP contribution in [0.3, 0.4) is 0 Å². The molecule has 0 bridgehead atoms. The summed E-state index contributed by atoms with van der Waals surface area (Å²) in [5, 5.41) is 2.79. The van der Waals surface area contributed by atoms with Crippen molar-refractivity contribution in [2.75, 3.05) is 11.1 Å². The predicted octanol–water partition coefficient (Wildman–Crippen LogP) is 3.65. The molecule has 0 aliphatic carbocycles. The lowest BCUT2D eigenvalue weighted by molar-refractivity contribution is 0.103. The highest BCUT2D eigenvalue weighted by Crippen LogP contribution is 2.24. The molecule has 0 saturated heterocycles. The van der Waals surface area contributed by atoms with E-state index in [0.29, 0.717) is 16.3 Å². The highest BCUT2D eigenvalue weighted by Gasteiger charge is 2.09. The number of anilines is 2. The van der Waals surface area contributed by atoms with E-state index in [2.05, 4.69) is 21.2 Å². The van der Waals surface area contributed by atoms with Gasteiger partial charge in [-0.3, -0.25) is 4.79 Å². The minimum absolute atomic E-state index is 0.128. The topological polar surface area (TPSA) is 55.1 Å². The number of rotatable bonds is 2. The molecule has 88 valence electrons. The maximum atomic E-state index is 11.9. The summed E-state index contributed by atoms with van der Waals surface area (Å²) >= 11 is 4.78. The Labute approximate surface area is 112 Å². The molecule has 2 aromatic rings. The average Bonchev–Trinajstić information content (AvgIpc) is 2.69. The van der Waals surface area contributed by atoms with Crippen LogP contribution < -0.4 is 11.1 Å². The van der Waals surface area contributed by atoms with Gasteiger partial charge in [0.15, 0.2) is 0 Å². The number of carbonyl (C=O) groups excluding carboxylic acids is 1. The average molecular weight is 311 g/mol. The minimum atomic E-state index is -0.128. The zero-order chi connectivity index (χ0) is 12.4. The predicted molar refractivity (Wildman–Crippen MR) is 75.6 cm³/mol. The number of nitrogens with two attached hydrogens (primary N) is 1. The third kappa shape index (κ3) is 2.87. The van der Waals surface area contributed by atoms with Gasteiger partial charge in [0.25, 0.3) is 5.91 Å². The van der Waals surface area contributed by atoms with E-state index in [1.165, 1.54) is 11.3 Å². The molecule has 0 unspecified atom stereocenters. The normalized spacial score (nSPS) is 10.2. The molecule has 0 fully saturated rings. The molecule has 3 nitrogen and oxygen atoms in total. The summed E-state index contributed by atoms with van der Waals surface area (Å²) in [6.07, 6.45) is 0. The van der Waals surface area contributed by atoms with Gasteiger partial charge in [-0.25, -0.2) is 0 Å². The Kier molecular flexibility index (Phi) is 3.49. The molecule has 1 aromatic heterocycles. The third-order valence-electron chi connectivity index (χ3n) is 2.23. The Morgan fingerprint density at radius 3 is 2.71 bits per heavy atom. The SMILES string of the molecule is Cc1ccc(C(=O)Nc2ccc(Br)cc2N)s1. The van der Waals surface area contributed by atoms with E-state index in [1.807, 2.05) is 25.1 Å². The van der Waals surface area contributed by atoms with Crippen LogP contribution >= 0.6 is 27.3 Å². The summed E-state index contributed by atoms with van der Waals surface area (Å²) in [6, 6.07) is 9.10. The summed E-state index contributed by atoms with van der Waals surface area (Å²) in [7, 11) is 0. The molecule has 1 amide bonds. The first kappa shape index (κ1) is 12.1. The first-order valence-corrected chi connectivity index (χ1v) is 6.60. The Balaban J connectivity index is 2.18. The Hall–Kier alpha value is -1.33. The minimum Gasteiger partial charge on any atom is -0.397 e. The number of hydrogen-bond donors (Lipinski definition) is 2. The summed E-state index contributed by atoms with van der Waals surface area (Å²) in [4.78, 5) is 13.7. The lowest BCUT2D eigenvalue weighted by Gasteiger charge is -2.07. The van der Waals surface area contributed by atoms with Crippen molar-refractivity contribution in [1.29, 1.82) is 0 Å². The third-order valence-corrected chi connectivity index (χ3v) is 3.72. The number of nitrogen functional groups attached to an aromatic ring is 1. The highest BCUT2D eigenvalue weighted by molar-refractivity contribution is 9.10. The number of halogens is 1. The molecule has 17 heavy (non-hydrogen) atoms. The lowest BCUT2D eigenvalue weighted by Crippen LogP contribution is -2.11. The largest absolute Gasteiger partial charge is 0.397 e. The van der Waals surface area contributed by atoms with E-state index >= 15 is 0 Å². The van der Waals surface area contributed by atoms with Crippen molar-refractivity contribution in [2.45, 2.75) is 6.92 Å². The van der Waals surface area contributed by atoms with Gasteiger partial charge >= 0.3 is 0 Å². The molecular formula is C12H11BrN2OS. The fourth-order valence-electron chi connectivity index (χ4n) is 1.39. The van der Waals surface area contributed by atoms with Crippen LogP contribution in [0.1, 0.15) is 14.5 Å². The van der Waals surface area contributed by atoms with E-state index in [9.17, 15) is 4.79 Å². The monoisotopic (exact) mass is 310 g/mol. The molecule has 1 heterocycles. The van der Waals surface area contributed by atoms with Crippen LogP contribution in [-0.2, 0) is 0 Å². The van der Waals surface area contributed by atoms with Crippen molar-refractivity contribution in [2.24, 2.45) is 0 Å². The number of benzene rings is 1. The van der Waals surface area contributed by atoms with E-state index < -0.39 is 0 Å². The molecule has 0 spiro atoms. The molecule has 5 heteroatoms. The summed E-state index contributed by atoms with van der Waals surface area (Å²) in [5.74, 6) is -0.128. The summed E-state index contributed by atoms with van der Waals surface area (Å²) < 4.78 is 0.889. The van der Waals surface area contributed by atoms with Crippen LogP contribution in [-0.4, -0.2) is 5.91 Å². The van der Waals surface area contributed by atoms with Crippen molar-refractivity contribution in [3.63, 3.8) is 0 Å². The maximum Gasteiger partial charge on any atom is 0.265 e. The molecular weight excluding hydrogens is 300 g/mol. The van der Waals surface area contributed by atoms with Crippen LogP contribution in [0.15, 0.2) is 34.8 Å². The number of aryl methyl sites for hydroxylation is 1. The number of carbonyl (C=O) groups is 1. The molecule has 0 aliphatic heterocycles. The van der Waals surface area contributed by atoms with Gasteiger partial charge in [-0.2, -0.15) is 0 Å². The van der Waals surface area contributed by atoms with Gasteiger partial charge in [0.1, 0.15) is 0 Å². The van der Waals surface area contributed by atoms with Crippen molar-refractivity contribution in [1.82, 2.24) is 0 Å². The molecule has 2 rings (SSSR count). The standard InChI is InChI=1S/C12H11BrN2OS/c1-7-2-5-11(17-7)12(16)15-10-4-3-8(13)6-9(10)14/h2-6H,14H2,1H3,(H,15,16). The molecule has 0 saturated carbocycles. The van der Waals surface area contributed by atoms with Crippen molar-refractivity contribution < 1.29 is 4.79 Å². The molecule has 0 aliphatic rings. The van der Waals surface area contributed by atoms with Crippen molar-refractivity contribution in [3.8, 4) is 0 Å². The first-order chi connectivity index (χ1) is 8.06. The van der Waals surface area contributed by atoms with Crippen LogP contribution in [0.25, 0.3) is 0 Å². The van der Waals surface area contributed by atoms with Gasteiger partial charge < -0.3 is 11.1 Å². The van der Waals surface area contributed by atoms with Crippen molar-refractivity contribution >= 4 is 44.5 Å². The molecule has 0 radical (unpaired) electrons. The van der Waals surface area contributed by atoms with E-state index in [0.717, 1.165) is 9.35 Å². The summed E-state index contributed by atoms with van der Waals surface area (Å²) in [5.41, 5.74) is 6.98. The van der Waals surface area contributed by atoms with Crippen molar-refractivity contribution in [3.05, 3.63) is 44.6 Å². The Morgan fingerprint density at radius 1 is 1.35 bits per heavy atom. The van der Waals surface area contributed by atoms with E-state index in [1.54, 1.807) is 12.1 Å². The van der Waals surface area contributed by atoms with E-state index in [-0.39, 0.29) is 5.91 Å². The molecule has 0 atom stereocenters. The zero-order valence-corrected chi connectivity index (χ0v) is 11.6. The number of nitrogens with one attached hydrogen (secondary N) is 1. The van der Waals surface area contributed by atoms with Gasteiger partial charge in [-0.15, -0.1) is 11.3 Å².